The minimum atomic E-state index is -4.62. The number of alkyl halides is 3. The van der Waals surface area contributed by atoms with E-state index in [0.717, 1.165) is 26.1 Å². The third-order valence-corrected chi connectivity index (χ3v) is 3.53. The number of halogens is 3. The maximum Gasteiger partial charge on any atom is 0.471 e. The number of likely N-dealkylation sites (tertiary alicyclic amines) is 1. The van der Waals surface area contributed by atoms with Gasteiger partial charge in [-0.15, -0.1) is 0 Å². The van der Waals surface area contributed by atoms with Crippen LogP contribution in [0.15, 0.2) is 4.52 Å². The summed E-state index contributed by atoms with van der Waals surface area (Å²) < 4.78 is 41.6. The summed E-state index contributed by atoms with van der Waals surface area (Å²) in [6.07, 6.45) is -2.74. The fraction of sp³-hybridized carbons (Fsp3) is 0.818. The molecule has 1 aliphatic rings. The summed E-state index contributed by atoms with van der Waals surface area (Å²) in [5.41, 5.74) is 5.24. The molecule has 2 rings (SSSR count). The Morgan fingerprint density at radius 3 is 2.68 bits per heavy atom. The Bertz CT molecular complexity index is 434. The zero-order valence-electron chi connectivity index (χ0n) is 10.7. The van der Waals surface area contributed by atoms with E-state index in [9.17, 15) is 13.2 Å². The van der Waals surface area contributed by atoms with Crippen molar-refractivity contribution in [1.82, 2.24) is 15.0 Å². The summed E-state index contributed by atoms with van der Waals surface area (Å²) in [6, 6.07) is 0. The van der Waals surface area contributed by atoms with Crippen molar-refractivity contribution >= 4 is 0 Å². The van der Waals surface area contributed by atoms with E-state index in [0.29, 0.717) is 12.8 Å². The molecule has 8 heteroatoms. The van der Waals surface area contributed by atoms with Gasteiger partial charge in [-0.2, -0.15) is 18.2 Å². The minimum Gasteiger partial charge on any atom is -0.329 e. The summed E-state index contributed by atoms with van der Waals surface area (Å²) in [4.78, 5) is 5.63. The average molecular weight is 278 g/mol. The van der Waals surface area contributed by atoms with Gasteiger partial charge in [-0.1, -0.05) is 12.1 Å². The molecule has 0 aromatic carbocycles. The highest BCUT2D eigenvalue weighted by molar-refractivity contribution is 5.06. The predicted molar refractivity (Wildman–Crippen MR) is 61.1 cm³/mol. The van der Waals surface area contributed by atoms with Gasteiger partial charge in [0.2, 0.25) is 0 Å². The number of rotatable bonds is 2. The highest BCUT2D eigenvalue weighted by Gasteiger charge is 2.42. The van der Waals surface area contributed by atoms with Gasteiger partial charge in [-0.05, 0) is 32.4 Å². The van der Waals surface area contributed by atoms with E-state index < -0.39 is 17.6 Å². The number of nitrogens with two attached hydrogens (primary N) is 1. The van der Waals surface area contributed by atoms with Gasteiger partial charge in [0, 0.05) is 6.54 Å². The van der Waals surface area contributed by atoms with E-state index in [4.69, 9.17) is 5.73 Å². The number of aromatic nitrogens is 2. The number of nitrogens with zero attached hydrogens (tertiary/aromatic N) is 3. The minimum absolute atomic E-state index is 0.0437. The first-order valence-electron chi connectivity index (χ1n) is 6.28. The van der Waals surface area contributed by atoms with Crippen LogP contribution in [0.5, 0.6) is 0 Å². The first-order valence-corrected chi connectivity index (χ1v) is 6.28. The Kier molecular flexibility index (Phi) is 3.82. The van der Waals surface area contributed by atoms with Crippen LogP contribution < -0.4 is 5.73 Å². The average Bonchev–Trinajstić information content (AvgIpc) is 2.76. The molecule has 0 amide bonds. The lowest BCUT2D eigenvalue weighted by atomic mass is 9.91. The maximum atomic E-state index is 12.4. The SMILES string of the molecule is CCN1CCCC(N)(c2noc(C(F)(F)F)n2)CC1. The van der Waals surface area contributed by atoms with Gasteiger partial charge in [-0.3, -0.25) is 0 Å². The van der Waals surface area contributed by atoms with Gasteiger partial charge in [0.1, 0.15) is 0 Å². The monoisotopic (exact) mass is 278 g/mol. The zero-order chi connectivity index (χ0) is 14.1. The summed E-state index contributed by atoms with van der Waals surface area (Å²) in [7, 11) is 0. The molecule has 1 atom stereocenters. The Morgan fingerprint density at radius 2 is 2.11 bits per heavy atom. The first kappa shape index (κ1) is 14.3. The van der Waals surface area contributed by atoms with Crippen LogP contribution in [0.4, 0.5) is 13.2 Å². The molecule has 1 unspecified atom stereocenters. The Balaban J connectivity index is 2.17. The zero-order valence-corrected chi connectivity index (χ0v) is 10.7. The molecule has 108 valence electrons. The lowest BCUT2D eigenvalue weighted by Gasteiger charge is -2.24. The van der Waals surface area contributed by atoms with Crippen LogP contribution in [-0.2, 0) is 11.7 Å². The van der Waals surface area contributed by atoms with Crippen LogP contribution in [0.2, 0.25) is 0 Å². The quantitative estimate of drug-likeness (QED) is 0.892. The molecular formula is C11H17F3N4O. The van der Waals surface area contributed by atoms with E-state index in [1.165, 1.54) is 0 Å². The lowest BCUT2D eigenvalue weighted by molar-refractivity contribution is -0.159. The fourth-order valence-corrected chi connectivity index (χ4v) is 2.29. The van der Waals surface area contributed by atoms with Gasteiger partial charge in [0.25, 0.3) is 0 Å². The Hall–Kier alpha value is -1.15. The molecule has 0 aliphatic carbocycles. The van der Waals surface area contributed by atoms with E-state index in [-0.39, 0.29) is 5.82 Å². The number of hydrogen-bond donors (Lipinski definition) is 1. The molecule has 2 N–H and O–H groups in total. The molecule has 1 aromatic heterocycles. The second-order valence-electron chi connectivity index (χ2n) is 4.86. The predicted octanol–water partition coefficient (Wildman–Crippen LogP) is 1.75. The normalized spacial score (nSPS) is 26.4. The second kappa shape index (κ2) is 5.09. The van der Waals surface area contributed by atoms with E-state index >= 15 is 0 Å². The smallest absolute Gasteiger partial charge is 0.329 e. The highest BCUT2D eigenvalue weighted by atomic mass is 19.4. The molecule has 0 bridgehead atoms. The lowest BCUT2D eigenvalue weighted by Crippen LogP contribution is -2.39. The second-order valence-corrected chi connectivity index (χ2v) is 4.86. The van der Waals surface area contributed by atoms with Gasteiger partial charge < -0.3 is 15.2 Å². The van der Waals surface area contributed by atoms with Crippen molar-refractivity contribution in [2.24, 2.45) is 5.73 Å². The standard InChI is InChI=1S/C11H17F3N4O/c1-2-18-6-3-4-10(15,5-7-18)8-16-9(19-17-8)11(12,13)14/h2-7,15H2,1H3. The van der Waals surface area contributed by atoms with Gasteiger partial charge in [0.05, 0.1) is 5.54 Å². The van der Waals surface area contributed by atoms with Crippen LogP contribution in [0, 0.1) is 0 Å². The molecule has 1 aromatic rings. The van der Waals surface area contributed by atoms with E-state index in [1.54, 1.807) is 0 Å². The Morgan fingerprint density at radius 1 is 1.37 bits per heavy atom. The molecule has 5 nitrogen and oxygen atoms in total. The molecule has 19 heavy (non-hydrogen) atoms. The molecule has 0 saturated carbocycles. The van der Waals surface area contributed by atoms with Crippen molar-refractivity contribution in [1.29, 1.82) is 0 Å². The molecule has 0 spiro atoms. The number of hydrogen-bond acceptors (Lipinski definition) is 5. The molecule has 1 fully saturated rings. The topological polar surface area (TPSA) is 68.2 Å². The molecule has 1 saturated heterocycles. The van der Waals surface area contributed by atoms with Crippen molar-refractivity contribution in [3.63, 3.8) is 0 Å². The largest absolute Gasteiger partial charge is 0.471 e. The summed E-state index contributed by atoms with van der Waals surface area (Å²) in [5.74, 6) is -1.37. The van der Waals surface area contributed by atoms with Crippen molar-refractivity contribution in [3.05, 3.63) is 11.7 Å². The van der Waals surface area contributed by atoms with Crippen LogP contribution in [0.25, 0.3) is 0 Å². The third kappa shape index (κ3) is 3.06. The first-order chi connectivity index (χ1) is 8.85. The van der Waals surface area contributed by atoms with Crippen LogP contribution in [-0.4, -0.2) is 34.7 Å². The molecule has 2 heterocycles. The maximum absolute atomic E-state index is 12.4. The van der Waals surface area contributed by atoms with Crippen molar-refractivity contribution in [3.8, 4) is 0 Å². The van der Waals surface area contributed by atoms with E-state index in [1.807, 2.05) is 6.92 Å². The van der Waals surface area contributed by atoms with Crippen LogP contribution in [0.3, 0.4) is 0 Å². The third-order valence-electron chi connectivity index (χ3n) is 3.53. The summed E-state index contributed by atoms with van der Waals surface area (Å²) in [6.45, 7) is 4.55. The van der Waals surface area contributed by atoms with Gasteiger partial charge >= 0.3 is 12.1 Å². The fourth-order valence-electron chi connectivity index (χ4n) is 2.29. The highest BCUT2D eigenvalue weighted by Crippen LogP contribution is 2.32. The summed E-state index contributed by atoms with van der Waals surface area (Å²) in [5, 5.41) is 3.42. The van der Waals surface area contributed by atoms with Gasteiger partial charge in [-0.25, -0.2) is 0 Å². The van der Waals surface area contributed by atoms with Crippen LogP contribution >= 0.6 is 0 Å². The van der Waals surface area contributed by atoms with Crippen LogP contribution in [0.1, 0.15) is 37.9 Å². The van der Waals surface area contributed by atoms with Crippen molar-refractivity contribution in [2.45, 2.75) is 37.9 Å². The van der Waals surface area contributed by atoms with Crippen molar-refractivity contribution in [2.75, 3.05) is 19.6 Å². The molecular weight excluding hydrogens is 261 g/mol. The molecule has 1 aliphatic heterocycles. The summed E-state index contributed by atoms with van der Waals surface area (Å²) >= 11 is 0. The Labute approximate surface area is 108 Å². The van der Waals surface area contributed by atoms with Crippen molar-refractivity contribution < 1.29 is 17.7 Å². The molecule has 0 radical (unpaired) electrons. The van der Waals surface area contributed by atoms with Gasteiger partial charge in [0.15, 0.2) is 5.82 Å². The van der Waals surface area contributed by atoms with E-state index in [2.05, 4.69) is 19.6 Å².